The summed E-state index contributed by atoms with van der Waals surface area (Å²) in [7, 11) is 0. The van der Waals surface area contributed by atoms with E-state index in [2.05, 4.69) is 36.6 Å². The molecule has 0 aromatic heterocycles. The van der Waals surface area contributed by atoms with Crippen molar-refractivity contribution < 1.29 is 14.3 Å². The highest BCUT2D eigenvalue weighted by Gasteiger charge is 2.26. The summed E-state index contributed by atoms with van der Waals surface area (Å²) in [5.41, 5.74) is 1.25. The summed E-state index contributed by atoms with van der Waals surface area (Å²) in [6.45, 7) is 9.84. The number of hydrogen-bond acceptors (Lipinski definition) is 3. The molecular formula is C21H33N3O3. The molecule has 0 saturated carbocycles. The number of ether oxygens (including phenoxy) is 1. The number of carbonyl (C=O) groups excluding carboxylic acids is 2. The number of nitrogens with one attached hydrogen (secondary N) is 2. The molecule has 0 bridgehead atoms. The zero-order valence-electron chi connectivity index (χ0n) is 17.0. The molecule has 2 rings (SSSR count). The van der Waals surface area contributed by atoms with Crippen LogP contribution in [0, 0.1) is 0 Å². The third kappa shape index (κ3) is 6.45. The Hall–Kier alpha value is -2.24. The molecule has 1 aromatic rings. The van der Waals surface area contributed by atoms with Crippen LogP contribution in [-0.4, -0.2) is 48.8 Å². The van der Waals surface area contributed by atoms with Crippen LogP contribution in [0.25, 0.3) is 0 Å². The normalized spacial score (nSPS) is 16.5. The van der Waals surface area contributed by atoms with Gasteiger partial charge in [-0.1, -0.05) is 44.2 Å². The molecule has 1 saturated heterocycles. The molecule has 1 aliphatic heterocycles. The largest absolute Gasteiger partial charge is 0.450 e. The summed E-state index contributed by atoms with van der Waals surface area (Å²) in [5.74, 6) is 0. The molecule has 1 aliphatic rings. The van der Waals surface area contributed by atoms with Crippen molar-refractivity contribution in [3.8, 4) is 0 Å². The molecular weight excluding hydrogens is 342 g/mol. The molecule has 1 aromatic carbocycles. The predicted octanol–water partition coefficient (Wildman–Crippen LogP) is 3.66. The fourth-order valence-corrected chi connectivity index (χ4v) is 3.70. The number of likely N-dealkylation sites (tertiary alicyclic amines) is 1. The first-order valence-electron chi connectivity index (χ1n) is 9.86. The molecule has 3 amide bonds. The van der Waals surface area contributed by atoms with Gasteiger partial charge in [0.1, 0.15) is 0 Å². The maximum absolute atomic E-state index is 12.3. The minimum absolute atomic E-state index is 0.0149. The lowest BCUT2D eigenvalue weighted by Gasteiger charge is -2.32. The quantitative estimate of drug-likeness (QED) is 0.797. The van der Waals surface area contributed by atoms with Gasteiger partial charge in [0.15, 0.2) is 0 Å². The molecule has 1 fully saturated rings. The van der Waals surface area contributed by atoms with E-state index in [0.717, 1.165) is 19.3 Å². The summed E-state index contributed by atoms with van der Waals surface area (Å²) in [6.07, 6.45) is 2.08. The summed E-state index contributed by atoms with van der Waals surface area (Å²) < 4.78 is 5.02. The molecule has 6 nitrogen and oxygen atoms in total. The summed E-state index contributed by atoms with van der Waals surface area (Å²) in [4.78, 5) is 25.8. The van der Waals surface area contributed by atoms with Crippen molar-refractivity contribution >= 4 is 12.1 Å². The van der Waals surface area contributed by atoms with Crippen LogP contribution in [0.15, 0.2) is 30.3 Å². The van der Waals surface area contributed by atoms with E-state index in [9.17, 15) is 9.59 Å². The van der Waals surface area contributed by atoms with Gasteiger partial charge < -0.3 is 20.3 Å². The molecule has 2 N–H and O–H groups in total. The highest BCUT2D eigenvalue weighted by atomic mass is 16.6. The van der Waals surface area contributed by atoms with Gasteiger partial charge in [-0.2, -0.15) is 0 Å². The van der Waals surface area contributed by atoms with E-state index in [0.29, 0.717) is 19.7 Å². The maximum atomic E-state index is 12.3. The second-order valence-corrected chi connectivity index (χ2v) is 7.93. The van der Waals surface area contributed by atoms with Crippen molar-refractivity contribution in [1.82, 2.24) is 15.5 Å². The zero-order valence-corrected chi connectivity index (χ0v) is 17.0. The first-order chi connectivity index (χ1) is 12.8. The molecule has 0 aliphatic carbocycles. The molecule has 1 unspecified atom stereocenters. The Bertz CT molecular complexity index is 610. The Labute approximate surface area is 162 Å². The molecule has 27 heavy (non-hydrogen) atoms. The van der Waals surface area contributed by atoms with E-state index in [1.807, 2.05) is 25.1 Å². The van der Waals surface area contributed by atoms with Gasteiger partial charge in [0.2, 0.25) is 0 Å². The van der Waals surface area contributed by atoms with E-state index in [-0.39, 0.29) is 29.6 Å². The Balaban J connectivity index is 1.75. The van der Waals surface area contributed by atoms with E-state index < -0.39 is 0 Å². The third-order valence-electron chi connectivity index (χ3n) is 5.11. The Morgan fingerprint density at radius 3 is 2.44 bits per heavy atom. The number of benzene rings is 1. The van der Waals surface area contributed by atoms with Crippen molar-refractivity contribution in [3.05, 3.63) is 35.9 Å². The molecule has 1 atom stereocenters. The van der Waals surface area contributed by atoms with Gasteiger partial charge in [-0.3, -0.25) is 0 Å². The smallest absolute Gasteiger partial charge is 0.409 e. The standard InChI is InChI=1S/C21H33N3O3/c1-5-27-20(26)24-13-11-18(12-14-24)23-19(25)22-16(2)15-21(3,4)17-9-7-6-8-10-17/h6-10,16,18H,5,11-15H2,1-4H3,(H2,22,23,25). The topological polar surface area (TPSA) is 70.7 Å². The third-order valence-corrected chi connectivity index (χ3v) is 5.11. The van der Waals surface area contributed by atoms with E-state index >= 15 is 0 Å². The molecule has 0 radical (unpaired) electrons. The molecule has 150 valence electrons. The number of urea groups is 1. The Morgan fingerprint density at radius 2 is 1.85 bits per heavy atom. The fourth-order valence-electron chi connectivity index (χ4n) is 3.70. The van der Waals surface area contributed by atoms with Gasteiger partial charge in [-0.05, 0) is 44.1 Å². The number of nitrogens with zero attached hydrogens (tertiary/aromatic N) is 1. The minimum Gasteiger partial charge on any atom is -0.450 e. The van der Waals surface area contributed by atoms with Gasteiger partial charge in [-0.25, -0.2) is 9.59 Å². The van der Waals surface area contributed by atoms with Crippen molar-refractivity contribution in [2.75, 3.05) is 19.7 Å². The van der Waals surface area contributed by atoms with E-state index in [1.54, 1.807) is 11.8 Å². The monoisotopic (exact) mass is 375 g/mol. The van der Waals surface area contributed by atoms with Crippen LogP contribution in [-0.2, 0) is 10.2 Å². The number of carbonyl (C=O) groups is 2. The number of rotatable bonds is 6. The molecule has 0 spiro atoms. The summed E-state index contributed by atoms with van der Waals surface area (Å²) >= 11 is 0. The lowest BCUT2D eigenvalue weighted by atomic mass is 9.79. The fraction of sp³-hybridized carbons (Fsp3) is 0.619. The van der Waals surface area contributed by atoms with Crippen molar-refractivity contribution in [2.24, 2.45) is 0 Å². The van der Waals surface area contributed by atoms with Crippen LogP contribution < -0.4 is 10.6 Å². The SMILES string of the molecule is CCOC(=O)N1CCC(NC(=O)NC(C)CC(C)(C)c2ccccc2)CC1. The lowest BCUT2D eigenvalue weighted by Crippen LogP contribution is -2.51. The van der Waals surface area contributed by atoms with E-state index in [4.69, 9.17) is 4.74 Å². The van der Waals surface area contributed by atoms with Gasteiger partial charge in [-0.15, -0.1) is 0 Å². The predicted molar refractivity (Wildman–Crippen MR) is 107 cm³/mol. The highest BCUT2D eigenvalue weighted by molar-refractivity contribution is 5.74. The number of hydrogen-bond donors (Lipinski definition) is 2. The van der Waals surface area contributed by atoms with Crippen LogP contribution in [0.4, 0.5) is 9.59 Å². The van der Waals surface area contributed by atoms with Gasteiger partial charge in [0, 0.05) is 25.2 Å². The first-order valence-corrected chi connectivity index (χ1v) is 9.86. The average molecular weight is 376 g/mol. The summed E-state index contributed by atoms with van der Waals surface area (Å²) in [5, 5.41) is 6.09. The van der Waals surface area contributed by atoms with Crippen LogP contribution in [0.5, 0.6) is 0 Å². The van der Waals surface area contributed by atoms with Crippen LogP contribution in [0.2, 0.25) is 0 Å². The number of amides is 3. The Kier molecular flexibility index (Phi) is 7.51. The second kappa shape index (κ2) is 9.62. The Morgan fingerprint density at radius 1 is 1.22 bits per heavy atom. The molecule has 1 heterocycles. The zero-order chi connectivity index (χ0) is 19.9. The first kappa shape index (κ1) is 21.1. The summed E-state index contributed by atoms with van der Waals surface area (Å²) in [6, 6.07) is 10.4. The lowest BCUT2D eigenvalue weighted by molar-refractivity contribution is 0.0957. The minimum atomic E-state index is -0.267. The van der Waals surface area contributed by atoms with Gasteiger partial charge in [0.05, 0.1) is 6.61 Å². The molecule has 6 heteroatoms. The van der Waals surface area contributed by atoms with Gasteiger partial charge >= 0.3 is 12.1 Å². The van der Waals surface area contributed by atoms with Crippen molar-refractivity contribution in [2.45, 2.75) is 64.5 Å². The second-order valence-electron chi connectivity index (χ2n) is 7.93. The van der Waals surface area contributed by atoms with Crippen LogP contribution in [0.1, 0.15) is 52.5 Å². The average Bonchev–Trinajstić information content (AvgIpc) is 2.62. The van der Waals surface area contributed by atoms with Crippen molar-refractivity contribution in [3.63, 3.8) is 0 Å². The van der Waals surface area contributed by atoms with E-state index in [1.165, 1.54) is 5.56 Å². The van der Waals surface area contributed by atoms with Crippen LogP contribution >= 0.6 is 0 Å². The maximum Gasteiger partial charge on any atom is 0.409 e. The number of piperidine rings is 1. The van der Waals surface area contributed by atoms with Gasteiger partial charge in [0.25, 0.3) is 0 Å². The highest BCUT2D eigenvalue weighted by Crippen LogP contribution is 2.28. The van der Waals surface area contributed by atoms with Crippen molar-refractivity contribution in [1.29, 1.82) is 0 Å². The van der Waals surface area contributed by atoms with Crippen LogP contribution in [0.3, 0.4) is 0 Å².